The summed E-state index contributed by atoms with van der Waals surface area (Å²) >= 11 is 0. The van der Waals surface area contributed by atoms with Crippen LogP contribution in [0.2, 0.25) is 0 Å². The predicted molar refractivity (Wildman–Crippen MR) is 66.1 cm³/mol. The van der Waals surface area contributed by atoms with Gasteiger partial charge in [-0.05, 0) is 39.5 Å². The molecule has 0 saturated carbocycles. The molecular weight excluding hydrogens is 204 g/mol. The van der Waals surface area contributed by atoms with Gasteiger partial charge in [-0.1, -0.05) is 20.3 Å². The zero-order valence-electron chi connectivity index (χ0n) is 11.3. The van der Waals surface area contributed by atoms with E-state index in [0.717, 1.165) is 19.3 Å². The fraction of sp³-hybridized carbons (Fsp3) is 1.00. The van der Waals surface area contributed by atoms with Crippen molar-refractivity contribution in [2.24, 2.45) is 11.8 Å². The van der Waals surface area contributed by atoms with Crippen LogP contribution in [0.1, 0.15) is 53.9 Å². The first-order valence-electron chi connectivity index (χ1n) is 6.36. The maximum Gasteiger partial charge on any atom is 0.157 e. The molecule has 0 heterocycles. The van der Waals surface area contributed by atoms with Crippen molar-refractivity contribution in [2.45, 2.75) is 72.4 Å². The van der Waals surface area contributed by atoms with E-state index in [-0.39, 0.29) is 18.1 Å². The van der Waals surface area contributed by atoms with Gasteiger partial charge in [-0.15, -0.1) is 0 Å². The lowest BCUT2D eigenvalue weighted by Gasteiger charge is -2.22. The van der Waals surface area contributed by atoms with Crippen molar-refractivity contribution in [1.82, 2.24) is 0 Å². The van der Waals surface area contributed by atoms with E-state index >= 15 is 0 Å². The van der Waals surface area contributed by atoms with Crippen LogP contribution in [0.4, 0.5) is 0 Å². The molecule has 4 atom stereocenters. The van der Waals surface area contributed by atoms with Gasteiger partial charge in [0.1, 0.15) is 0 Å². The molecule has 0 aliphatic heterocycles. The van der Waals surface area contributed by atoms with Crippen molar-refractivity contribution in [2.75, 3.05) is 0 Å². The average Bonchev–Trinajstić information content (AvgIpc) is 2.15. The van der Waals surface area contributed by atoms with Crippen LogP contribution in [0, 0.1) is 11.8 Å². The number of hydrogen-bond donors (Lipinski definition) is 2. The second kappa shape index (κ2) is 8.04. The summed E-state index contributed by atoms with van der Waals surface area (Å²) in [5, 5.41) is 19.0. The monoisotopic (exact) mass is 232 g/mol. The first kappa shape index (κ1) is 15.9. The molecule has 0 aromatic rings. The van der Waals surface area contributed by atoms with Crippen LogP contribution in [-0.4, -0.2) is 28.7 Å². The number of hydrogen-bond acceptors (Lipinski definition) is 3. The van der Waals surface area contributed by atoms with Crippen LogP contribution in [0.15, 0.2) is 0 Å². The lowest BCUT2D eigenvalue weighted by atomic mass is 9.95. The largest absolute Gasteiger partial charge is 0.393 e. The van der Waals surface area contributed by atoms with Crippen molar-refractivity contribution in [3.05, 3.63) is 0 Å². The Morgan fingerprint density at radius 3 is 1.81 bits per heavy atom. The van der Waals surface area contributed by atoms with Crippen LogP contribution in [-0.2, 0) is 4.74 Å². The van der Waals surface area contributed by atoms with Crippen LogP contribution < -0.4 is 0 Å². The summed E-state index contributed by atoms with van der Waals surface area (Å²) < 4.78 is 5.32. The van der Waals surface area contributed by atoms with E-state index in [1.165, 1.54) is 0 Å². The molecule has 0 rings (SSSR count). The Hall–Kier alpha value is -0.120. The van der Waals surface area contributed by atoms with Crippen molar-refractivity contribution >= 4 is 0 Å². The van der Waals surface area contributed by atoms with Crippen LogP contribution in [0.3, 0.4) is 0 Å². The van der Waals surface area contributed by atoms with Gasteiger partial charge >= 0.3 is 0 Å². The summed E-state index contributed by atoms with van der Waals surface area (Å²) in [5.74, 6) is 0.485. The van der Waals surface area contributed by atoms with E-state index in [0.29, 0.717) is 5.92 Å². The lowest BCUT2D eigenvalue weighted by molar-refractivity contribution is -0.154. The maximum absolute atomic E-state index is 9.69. The second-order valence-electron chi connectivity index (χ2n) is 5.20. The van der Waals surface area contributed by atoms with E-state index in [1.54, 1.807) is 0 Å². The van der Waals surface area contributed by atoms with Crippen molar-refractivity contribution < 1.29 is 14.9 Å². The zero-order chi connectivity index (χ0) is 12.7. The van der Waals surface area contributed by atoms with E-state index in [9.17, 15) is 10.2 Å². The molecule has 0 aliphatic rings. The molecular formula is C13H28O3. The molecule has 4 unspecified atom stereocenters. The minimum atomic E-state index is -0.665. The van der Waals surface area contributed by atoms with Gasteiger partial charge in [0.15, 0.2) is 6.29 Å². The van der Waals surface area contributed by atoms with E-state index in [1.807, 2.05) is 27.7 Å². The molecule has 3 nitrogen and oxygen atoms in total. The molecule has 0 saturated heterocycles. The Balaban J connectivity index is 3.68. The van der Waals surface area contributed by atoms with Gasteiger partial charge in [0.05, 0.1) is 12.2 Å². The SMILES string of the molecule is CC(C)OC(O)C(C)CCCC(C)C(C)O. The molecule has 98 valence electrons. The van der Waals surface area contributed by atoms with Crippen LogP contribution >= 0.6 is 0 Å². The molecule has 0 radical (unpaired) electrons. The molecule has 0 aliphatic carbocycles. The summed E-state index contributed by atoms with van der Waals surface area (Å²) in [6.07, 6.45) is 2.11. The fourth-order valence-electron chi connectivity index (χ4n) is 1.56. The molecule has 0 spiro atoms. The van der Waals surface area contributed by atoms with Gasteiger partial charge in [0, 0.05) is 5.92 Å². The third kappa shape index (κ3) is 7.20. The van der Waals surface area contributed by atoms with Gasteiger partial charge in [0.2, 0.25) is 0 Å². The van der Waals surface area contributed by atoms with E-state index < -0.39 is 6.29 Å². The Kier molecular flexibility index (Phi) is 7.98. The number of ether oxygens (including phenoxy) is 1. The van der Waals surface area contributed by atoms with Gasteiger partial charge in [-0.25, -0.2) is 0 Å². The standard InChI is InChI=1S/C13H28O3/c1-9(2)16-13(15)11(4)8-6-7-10(3)12(5)14/h9-15H,6-8H2,1-5H3. The highest BCUT2D eigenvalue weighted by Crippen LogP contribution is 2.18. The predicted octanol–water partition coefficient (Wildman–Crippen LogP) is 2.55. The van der Waals surface area contributed by atoms with Gasteiger partial charge < -0.3 is 14.9 Å². The van der Waals surface area contributed by atoms with Gasteiger partial charge in [0.25, 0.3) is 0 Å². The van der Waals surface area contributed by atoms with Crippen molar-refractivity contribution in [1.29, 1.82) is 0 Å². The Morgan fingerprint density at radius 1 is 0.875 bits per heavy atom. The van der Waals surface area contributed by atoms with Crippen LogP contribution in [0.5, 0.6) is 0 Å². The zero-order valence-corrected chi connectivity index (χ0v) is 11.3. The van der Waals surface area contributed by atoms with E-state index in [2.05, 4.69) is 6.92 Å². The second-order valence-corrected chi connectivity index (χ2v) is 5.20. The highest BCUT2D eigenvalue weighted by Gasteiger charge is 2.16. The molecule has 0 bridgehead atoms. The highest BCUT2D eigenvalue weighted by atomic mass is 16.6. The maximum atomic E-state index is 9.69. The molecule has 0 aromatic carbocycles. The van der Waals surface area contributed by atoms with Gasteiger partial charge in [-0.2, -0.15) is 0 Å². The lowest BCUT2D eigenvalue weighted by Crippen LogP contribution is -2.25. The molecule has 2 N–H and O–H groups in total. The van der Waals surface area contributed by atoms with Crippen LogP contribution in [0.25, 0.3) is 0 Å². The molecule has 16 heavy (non-hydrogen) atoms. The van der Waals surface area contributed by atoms with Crippen molar-refractivity contribution in [3.63, 3.8) is 0 Å². The first-order valence-corrected chi connectivity index (χ1v) is 6.36. The quantitative estimate of drug-likeness (QED) is 0.632. The smallest absolute Gasteiger partial charge is 0.157 e. The third-order valence-corrected chi connectivity index (χ3v) is 3.04. The first-order chi connectivity index (χ1) is 7.34. The molecule has 3 heteroatoms. The Bertz CT molecular complexity index is 169. The third-order valence-electron chi connectivity index (χ3n) is 3.04. The summed E-state index contributed by atoms with van der Waals surface area (Å²) in [6.45, 7) is 9.72. The number of aliphatic hydroxyl groups is 2. The number of rotatable bonds is 8. The summed E-state index contributed by atoms with van der Waals surface area (Å²) in [6, 6.07) is 0. The summed E-state index contributed by atoms with van der Waals surface area (Å²) in [5.41, 5.74) is 0. The average molecular weight is 232 g/mol. The summed E-state index contributed by atoms with van der Waals surface area (Å²) in [4.78, 5) is 0. The molecule has 0 aromatic heterocycles. The van der Waals surface area contributed by atoms with Gasteiger partial charge in [-0.3, -0.25) is 0 Å². The fourth-order valence-corrected chi connectivity index (χ4v) is 1.56. The summed E-state index contributed by atoms with van der Waals surface area (Å²) in [7, 11) is 0. The highest BCUT2D eigenvalue weighted by molar-refractivity contribution is 4.62. The molecule has 0 amide bonds. The minimum absolute atomic E-state index is 0.0637. The molecule has 0 fully saturated rings. The van der Waals surface area contributed by atoms with E-state index in [4.69, 9.17) is 4.74 Å². The van der Waals surface area contributed by atoms with Crippen molar-refractivity contribution in [3.8, 4) is 0 Å². The minimum Gasteiger partial charge on any atom is -0.393 e. The Labute approximate surface area is 99.8 Å². The Morgan fingerprint density at radius 2 is 1.38 bits per heavy atom. The normalized spacial score (nSPS) is 19.5. The number of aliphatic hydroxyl groups excluding tert-OH is 2. The topological polar surface area (TPSA) is 49.7 Å².